The summed E-state index contributed by atoms with van der Waals surface area (Å²) in [6.07, 6.45) is 3.25. The molecule has 3 nitrogen and oxygen atoms in total. The van der Waals surface area contributed by atoms with Crippen molar-refractivity contribution in [3.63, 3.8) is 0 Å². The molecule has 0 aromatic heterocycles. The molecule has 3 atom stereocenters. The SMILES string of the molecule is CC1CCC(C(C)C)C(OC(=O)c2cc(N)cc(Cl)c2)C1. The molecule has 0 radical (unpaired) electrons. The van der Waals surface area contributed by atoms with Gasteiger partial charge >= 0.3 is 5.97 Å². The number of nitrogen functional groups attached to an aromatic ring is 1. The molecule has 0 amide bonds. The predicted octanol–water partition coefficient (Wildman–Crippen LogP) is 4.54. The second kappa shape index (κ2) is 6.69. The zero-order valence-electron chi connectivity index (χ0n) is 12.9. The summed E-state index contributed by atoms with van der Waals surface area (Å²) in [7, 11) is 0. The van der Waals surface area contributed by atoms with Crippen molar-refractivity contribution in [1.29, 1.82) is 0 Å². The Morgan fingerprint density at radius 3 is 2.67 bits per heavy atom. The second-order valence-corrected chi connectivity index (χ2v) is 6.98. The van der Waals surface area contributed by atoms with Gasteiger partial charge in [0.1, 0.15) is 6.10 Å². The summed E-state index contributed by atoms with van der Waals surface area (Å²) in [5.74, 6) is 1.22. The minimum Gasteiger partial charge on any atom is -0.458 e. The van der Waals surface area contributed by atoms with Gasteiger partial charge in [-0.2, -0.15) is 0 Å². The summed E-state index contributed by atoms with van der Waals surface area (Å²) in [6.45, 7) is 6.60. The zero-order chi connectivity index (χ0) is 15.6. The quantitative estimate of drug-likeness (QED) is 0.658. The molecule has 2 rings (SSSR count). The van der Waals surface area contributed by atoms with Gasteiger partial charge in [0.2, 0.25) is 0 Å². The Balaban J connectivity index is 2.12. The fourth-order valence-corrected chi connectivity index (χ4v) is 3.43. The summed E-state index contributed by atoms with van der Waals surface area (Å²) in [5.41, 5.74) is 6.65. The number of rotatable bonds is 3. The number of anilines is 1. The number of hydrogen-bond donors (Lipinski definition) is 1. The molecular weight excluding hydrogens is 286 g/mol. The minimum absolute atomic E-state index is 0.0125. The molecule has 0 aliphatic heterocycles. The molecule has 1 aliphatic carbocycles. The smallest absolute Gasteiger partial charge is 0.338 e. The summed E-state index contributed by atoms with van der Waals surface area (Å²) in [4.78, 5) is 12.4. The fraction of sp³-hybridized carbons (Fsp3) is 0.588. The topological polar surface area (TPSA) is 52.3 Å². The van der Waals surface area contributed by atoms with E-state index in [1.807, 2.05) is 0 Å². The van der Waals surface area contributed by atoms with Gasteiger partial charge in [-0.15, -0.1) is 0 Å². The van der Waals surface area contributed by atoms with Crippen LogP contribution in [0, 0.1) is 17.8 Å². The van der Waals surface area contributed by atoms with Crippen LogP contribution in [0.2, 0.25) is 5.02 Å². The minimum atomic E-state index is -0.325. The molecule has 3 unspecified atom stereocenters. The van der Waals surface area contributed by atoms with E-state index < -0.39 is 0 Å². The van der Waals surface area contributed by atoms with E-state index in [1.165, 1.54) is 6.42 Å². The van der Waals surface area contributed by atoms with Crippen LogP contribution in [-0.2, 0) is 4.74 Å². The average molecular weight is 310 g/mol. The fourth-order valence-electron chi connectivity index (χ4n) is 3.19. The lowest BCUT2D eigenvalue weighted by Crippen LogP contribution is -2.35. The third-order valence-electron chi connectivity index (χ3n) is 4.38. The van der Waals surface area contributed by atoms with Crippen LogP contribution in [0.5, 0.6) is 0 Å². The molecule has 0 bridgehead atoms. The number of carbonyl (C=O) groups excluding carboxylic acids is 1. The Hall–Kier alpha value is -1.22. The lowest BCUT2D eigenvalue weighted by atomic mass is 9.75. The predicted molar refractivity (Wildman–Crippen MR) is 86.4 cm³/mol. The highest BCUT2D eigenvalue weighted by Crippen LogP contribution is 2.35. The Bertz CT molecular complexity index is 495. The summed E-state index contributed by atoms with van der Waals surface area (Å²) in [6, 6.07) is 4.85. The number of benzene rings is 1. The normalized spacial score (nSPS) is 25.9. The van der Waals surface area contributed by atoms with Crippen LogP contribution in [0.3, 0.4) is 0 Å². The first-order valence-electron chi connectivity index (χ1n) is 7.64. The number of esters is 1. The summed E-state index contributed by atoms with van der Waals surface area (Å²) in [5, 5.41) is 0.458. The van der Waals surface area contributed by atoms with E-state index in [4.69, 9.17) is 22.1 Å². The molecule has 4 heteroatoms. The molecule has 1 aliphatic rings. The molecule has 1 saturated carbocycles. The highest BCUT2D eigenvalue weighted by molar-refractivity contribution is 6.31. The maximum Gasteiger partial charge on any atom is 0.338 e. The highest BCUT2D eigenvalue weighted by atomic mass is 35.5. The molecule has 1 aromatic rings. The molecule has 1 aromatic carbocycles. The van der Waals surface area contributed by atoms with Crippen molar-refractivity contribution in [2.24, 2.45) is 17.8 Å². The first kappa shape index (κ1) is 16.2. The van der Waals surface area contributed by atoms with Crippen LogP contribution in [0.4, 0.5) is 5.69 Å². The first-order chi connectivity index (χ1) is 9.86. The van der Waals surface area contributed by atoms with Crippen LogP contribution < -0.4 is 5.73 Å². The maximum absolute atomic E-state index is 12.4. The lowest BCUT2D eigenvalue weighted by molar-refractivity contribution is -0.0174. The molecule has 116 valence electrons. The van der Waals surface area contributed by atoms with Gasteiger partial charge in [0.25, 0.3) is 0 Å². The number of halogens is 1. The standard InChI is InChI=1S/C17H24ClNO2/c1-10(2)15-5-4-11(3)6-16(15)21-17(20)12-7-13(18)9-14(19)8-12/h7-11,15-16H,4-6,19H2,1-3H3. The maximum atomic E-state index is 12.4. The highest BCUT2D eigenvalue weighted by Gasteiger charge is 2.33. The van der Waals surface area contributed by atoms with E-state index in [9.17, 15) is 4.79 Å². The van der Waals surface area contributed by atoms with Gasteiger partial charge in [-0.1, -0.05) is 38.8 Å². The van der Waals surface area contributed by atoms with Crippen molar-refractivity contribution in [2.45, 2.75) is 46.1 Å². The molecule has 21 heavy (non-hydrogen) atoms. The number of nitrogens with two attached hydrogens (primary N) is 1. The number of hydrogen-bond acceptors (Lipinski definition) is 3. The largest absolute Gasteiger partial charge is 0.458 e. The molecule has 2 N–H and O–H groups in total. The van der Waals surface area contributed by atoms with Gasteiger partial charge in [0.15, 0.2) is 0 Å². The monoisotopic (exact) mass is 309 g/mol. The van der Waals surface area contributed by atoms with Crippen LogP contribution in [0.25, 0.3) is 0 Å². The Morgan fingerprint density at radius 1 is 1.33 bits per heavy atom. The van der Waals surface area contributed by atoms with E-state index in [2.05, 4.69) is 20.8 Å². The second-order valence-electron chi connectivity index (χ2n) is 6.54. The number of ether oxygens (including phenoxy) is 1. The van der Waals surface area contributed by atoms with E-state index >= 15 is 0 Å². The van der Waals surface area contributed by atoms with E-state index in [1.54, 1.807) is 18.2 Å². The lowest BCUT2D eigenvalue weighted by Gasteiger charge is -2.36. The van der Waals surface area contributed by atoms with E-state index in [0.717, 1.165) is 12.8 Å². The molecule has 1 fully saturated rings. The zero-order valence-corrected chi connectivity index (χ0v) is 13.7. The summed E-state index contributed by atoms with van der Waals surface area (Å²) < 4.78 is 5.78. The van der Waals surface area contributed by atoms with Crippen molar-refractivity contribution in [2.75, 3.05) is 5.73 Å². The Morgan fingerprint density at radius 2 is 2.05 bits per heavy atom. The van der Waals surface area contributed by atoms with Gasteiger partial charge in [-0.25, -0.2) is 4.79 Å². The van der Waals surface area contributed by atoms with Gasteiger partial charge in [-0.3, -0.25) is 0 Å². The van der Waals surface area contributed by atoms with E-state index in [-0.39, 0.29) is 12.1 Å². The van der Waals surface area contributed by atoms with Crippen molar-refractivity contribution in [1.82, 2.24) is 0 Å². The van der Waals surface area contributed by atoms with Crippen LogP contribution in [-0.4, -0.2) is 12.1 Å². The molecule has 0 heterocycles. The Labute approximate surface area is 131 Å². The number of carbonyl (C=O) groups is 1. The van der Waals surface area contributed by atoms with Crippen LogP contribution >= 0.6 is 11.6 Å². The van der Waals surface area contributed by atoms with Gasteiger partial charge in [-0.05, 0) is 48.8 Å². The van der Waals surface area contributed by atoms with E-state index in [0.29, 0.717) is 34.0 Å². The van der Waals surface area contributed by atoms with Crippen molar-refractivity contribution >= 4 is 23.3 Å². The van der Waals surface area contributed by atoms with Gasteiger partial charge in [0.05, 0.1) is 5.56 Å². The summed E-state index contributed by atoms with van der Waals surface area (Å²) >= 11 is 5.95. The van der Waals surface area contributed by atoms with Crippen LogP contribution in [0.15, 0.2) is 18.2 Å². The third-order valence-corrected chi connectivity index (χ3v) is 4.59. The van der Waals surface area contributed by atoms with Gasteiger partial charge in [0, 0.05) is 10.7 Å². The van der Waals surface area contributed by atoms with Crippen LogP contribution in [0.1, 0.15) is 50.4 Å². The van der Waals surface area contributed by atoms with Crippen molar-refractivity contribution < 1.29 is 9.53 Å². The Kier molecular flexibility index (Phi) is 5.15. The average Bonchev–Trinajstić information content (AvgIpc) is 2.37. The molecule has 0 saturated heterocycles. The molecular formula is C17H24ClNO2. The third kappa shape index (κ3) is 4.13. The van der Waals surface area contributed by atoms with Gasteiger partial charge < -0.3 is 10.5 Å². The van der Waals surface area contributed by atoms with Crippen molar-refractivity contribution in [3.8, 4) is 0 Å². The van der Waals surface area contributed by atoms with Crippen molar-refractivity contribution in [3.05, 3.63) is 28.8 Å². The molecule has 0 spiro atoms. The first-order valence-corrected chi connectivity index (χ1v) is 8.01.